The Kier molecular flexibility index (Phi) is 4.32. The fourth-order valence-corrected chi connectivity index (χ4v) is 4.54. The van der Waals surface area contributed by atoms with Gasteiger partial charge in [0.15, 0.2) is 16.7 Å². The van der Waals surface area contributed by atoms with E-state index < -0.39 is 17.5 Å². The van der Waals surface area contributed by atoms with Crippen LogP contribution in [-0.4, -0.2) is 16.7 Å². The van der Waals surface area contributed by atoms with Crippen LogP contribution in [0, 0.1) is 5.41 Å². The summed E-state index contributed by atoms with van der Waals surface area (Å²) >= 11 is 5.44. The topological polar surface area (TPSA) is 58.2 Å². The maximum Gasteiger partial charge on any atom is 0.167 e. The summed E-state index contributed by atoms with van der Waals surface area (Å²) in [4.78, 5) is 26.6. The van der Waals surface area contributed by atoms with Crippen molar-refractivity contribution in [3.05, 3.63) is 71.8 Å². The third kappa shape index (κ3) is 2.54. The third-order valence-electron chi connectivity index (χ3n) is 5.46. The van der Waals surface area contributed by atoms with Gasteiger partial charge in [-0.2, -0.15) is 0 Å². The lowest BCUT2D eigenvalue weighted by atomic mass is 9.59. The summed E-state index contributed by atoms with van der Waals surface area (Å²) < 4.78 is 0. The fourth-order valence-electron chi connectivity index (χ4n) is 4.30. The van der Waals surface area contributed by atoms with Crippen LogP contribution in [0.1, 0.15) is 42.5 Å². The zero-order valence-corrected chi connectivity index (χ0v) is 15.1. The molecule has 2 N–H and O–H groups in total. The Morgan fingerprint density at radius 2 is 1.19 bits per heavy atom. The van der Waals surface area contributed by atoms with Gasteiger partial charge in [0.2, 0.25) is 0 Å². The van der Waals surface area contributed by atoms with Crippen LogP contribution < -0.4 is 10.6 Å². The molecule has 1 spiro atoms. The summed E-state index contributed by atoms with van der Waals surface area (Å²) in [6.45, 7) is 0. The molecular weight excluding hydrogens is 344 g/mol. The van der Waals surface area contributed by atoms with Gasteiger partial charge >= 0.3 is 0 Å². The quantitative estimate of drug-likeness (QED) is 0.633. The molecule has 1 saturated heterocycles. The Morgan fingerprint density at radius 3 is 1.62 bits per heavy atom. The van der Waals surface area contributed by atoms with Crippen LogP contribution in [0.3, 0.4) is 0 Å². The van der Waals surface area contributed by atoms with Gasteiger partial charge in [0.25, 0.3) is 0 Å². The van der Waals surface area contributed by atoms with Crippen LogP contribution in [-0.2, 0) is 9.59 Å². The third-order valence-corrected chi connectivity index (χ3v) is 5.69. The molecule has 132 valence electrons. The van der Waals surface area contributed by atoms with E-state index in [1.165, 1.54) is 0 Å². The van der Waals surface area contributed by atoms with E-state index >= 15 is 0 Å². The van der Waals surface area contributed by atoms with Crippen LogP contribution in [0.25, 0.3) is 0 Å². The van der Waals surface area contributed by atoms with Gasteiger partial charge in [-0.25, -0.2) is 0 Å². The van der Waals surface area contributed by atoms with Gasteiger partial charge in [0.05, 0.1) is 12.1 Å². The van der Waals surface area contributed by atoms with E-state index in [0.717, 1.165) is 11.1 Å². The van der Waals surface area contributed by atoms with Crippen molar-refractivity contribution in [3.63, 3.8) is 0 Å². The zero-order valence-electron chi connectivity index (χ0n) is 14.3. The summed E-state index contributed by atoms with van der Waals surface area (Å²) in [6, 6.07) is 18.4. The Balaban J connectivity index is 1.94. The highest BCUT2D eigenvalue weighted by Crippen LogP contribution is 2.51. The van der Waals surface area contributed by atoms with Gasteiger partial charge in [0.1, 0.15) is 5.41 Å². The number of carbonyl (C=O) groups excluding carboxylic acids is 2. The van der Waals surface area contributed by atoms with Crippen molar-refractivity contribution >= 4 is 28.9 Å². The zero-order chi connectivity index (χ0) is 18.1. The van der Waals surface area contributed by atoms with E-state index in [4.69, 9.17) is 12.2 Å². The number of thiocarbonyl (C=S) groups is 1. The fraction of sp³-hybridized carbons (Fsp3) is 0.286. The number of Topliss-reactive ketones (excluding diaryl/α,β-unsaturated/α-hetero) is 2. The van der Waals surface area contributed by atoms with Crippen LogP contribution in [0.15, 0.2) is 60.7 Å². The predicted octanol–water partition coefficient (Wildman–Crippen LogP) is 3.26. The second-order valence-corrected chi connectivity index (χ2v) is 7.28. The molecule has 0 amide bonds. The van der Waals surface area contributed by atoms with Gasteiger partial charge in [0, 0.05) is 12.8 Å². The largest absolute Gasteiger partial charge is 0.354 e. The number of ketones is 2. The molecule has 2 atom stereocenters. The minimum absolute atomic E-state index is 0.0149. The molecule has 4 nitrogen and oxygen atoms in total. The number of rotatable bonds is 2. The van der Waals surface area contributed by atoms with Crippen molar-refractivity contribution in [2.24, 2.45) is 5.41 Å². The summed E-state index contributed by atoms with van der Waals surface area (Å²) in [5.74, 6) is -0.0297. The van der Waals surface area contributed by atoms with Crippen molar-refractivity contribution < 1.29 is 9.59 Å². The van der Waals surface area contributed by atoms with Crippen LogP contribution in [0.4, 0.5) is 0 Å². The predicted molar refractivity (Wildman–Crippen MR) is 104 cm³/mol. The molecule has 0 unspecified atom stereocenters. The van der Waals surface area contributed by atoms with Crippen molar-refractivity contribution in [3.8, 4) is 0 Å². The van der Waals surface area contributed by atoms with Gasteiger partial charge < -0.3 is 10.6 Å². The maximum atomic E-state index is 13.3. The first-order valence-corrected chi connectivity index (χ1v) is 9.28. The van der Waals surface area contributed by atoms with E-state index in [2.05, 4.69) is 10.6 Å². The smallest absolute Gasteiger partial charge is 0.167 e. The summed E-state index contributed by atoms with van der Waals surface area (Å²) in [5.41, 5.74) is 0.616. The average molecular weight is 364 g/mol. The highest BCUT2D eigenvalue weighted by atomic mass is 32.1. The van der Waals surface area contributed by atoms with Crippen molar-refractivity contribution in [2.45, 2.75) is 31.3 Å². The number of nitrogens with one attached hydrogen (secondary N) is 2. The molecule has 26 heavy (non-hydrogen) atoms. The molecule has 1 heterocycles. The number of hydrogen-bond acceptors (Lipinski definition) is 3. The van der Waals surface area contributed by atoms with E-state index in [0.29, 0.717) is 24.4 Å². The molecule has 1 aliphatic heterocycles. The molecule has 2 aromatic carbocycles. The van der Waals surface area contributed by atoms with Gasteiger partial charge in [-0.1, -0.05) is 60.7 Å². The van der Waals surface area contributed by atoms with E-state index in [9.17, 15) is 9.59 Å². The molecule has 2 aliphatic rings. The standard InChI is InChI=1S/C21H20N2O2S/c24-16-12-7-13-17(25)21(16)18(14-8-3-1-4-9-14)22-20(26)23-19(21)15-10-5-2-6-11-15/h1-6,8-11,18-19H,7,12-13H2,(H2,22,23,26)/t18-,19+. The number of carbonyl (C=O) groups is 2. The van der Waals surface area contributed by atoms with Gasteiger partial charge in [-0.15, -0.1) is 0 Å². The van der Waals surface area contributed by atoms with Crippen LogP contribution >= 0.6 is 12.2 Å². The van der Waals surface area contributed by atoms with Gasteiger partial charge in [-0.05, 0) is 29.8 Å². The Labute approximate surface area is 158 Å². The lowest BCUT2D eigenvalue weighted by Crippen LogP contribution is -2.65. The first kappa shape index (κ1) is 16.9. The van der Waals surface area contributed by atoms with Crippen molar-refractivity contribution in [1.82, 2.24) is 10.6 Å². The highest BCUT2D eigenvalue weighted by molar-refractivity contribution is 7.80. The molecule has 4 rings (SSSR count). The van der Waals surface area contributed by atoms with E-state index in [-0.39, 0.29) is 11.6 Å². The molecule has 0 radical (unpaired) electrons. The normalized spacial score (nSPS) is 24.8. The molecule has 2 aromatic rings. The Bertz CT molecular complexity index is 781. The molecule has 1 aliphatic carbocycles. The van der Waals surface area contributed by atoms with Crippen molar-refractivity contribution in [1.29, 1.82) is 0 Å². The Morgan fingerprint density at radius 1 is 0.769 bits per heavy atom. The second kappa shape index (κ2) is 6.65. The monoisotopic (exact) mass is 364 g/mol. The molecule has 0 bridgehead atoms. The van der Waals surface area contributed by atoms with Crippen molar-refractivity contribution in [2.75, 3.05) is 0 Å². The first-order chi connectivity index (χ1) is 12.6. The van der Waals surface area contributed by atoms with E-state index in [1.54, 1.807) is 0 Å². The number of benzene rings is 2. The molecule has 1 saturated carbocycles. The van der Waals surface area contributed by atoms with E-state index in [1.807, 2.05) is 60.7 Å². The second-order valence-electron chi connectivity index (χ2n) is 6.87. The number of hydrogen-bond donors (Lipinski definition) is 2. The molecule has 2 fully saturated rings. The summed E-state index contributed by atoms with van der Waals surface area (Å²) in [7, 11) is 0. The summed E-state index contributed by atoms with van der Waals surface area (Å²) in [5, 5.41) is 6.93. The Hall–Kier alpha value is -2.53. The summed E-state index contributed by atoms with van der Waals surface area (Å²) in [6.07, 6.45) is 1.44. The minimum Gasteiger partial charge on any atom is -0.354 e. The SMILES string of the molecule is O=C1CCCC(=O)C12[C@@H](c1ccccc1)NC(=S)N[C@H]2c1ccccc1. The molecule has 5 heteroatoms. The lowest BCUT2D eigenvalue weighted by molar-refractivity contribution is -0.149. The molecular formula is C21H20N2O2S. The lowest BCUT2D eigenvalue weighted by Gasteiger charge is -2.50. The van der Waals surface area contributed by atoms with Crippen LogP contribution in [0.5, 0.6) is 0 Å². The molecule has 0 aromatic heterocycles. The average Bonchev–Trinajstić information content (AvgIpc) is 2.68. The van der Waals surface area contributed by atoms with Gasteiger partial charge in [-0.3, -0.25) is 9.59 Å². The highest BCUT2D eigenvalue weighted by Gasteiger charge is 2.60. The maximum absolute atomic E-state index is 13.3. The minimum atomic E-state index is -1.19. The first-order valence-electron chi connectivity index (χ1n) is 8.87. The van der Waals surface area contributed by atoms with Crippen LogP contribution in [0.2, 0.25) is 0 Å².